The van der Waals surface area contributed by atoms with Gasteiger partial charge in [0.1, 0.15) is 23.8 Å². The number of rotatable bonds is 7. The molecule has 2 saturated heterocycles. The lowest BCUT2D eigenvalue weighted by molar-refractivity contribution is 0.00792. The van der Waals surface area contributed by atoms with Crippen molar-refractivity contribution in [1.82, 2.24) is 9.97 Å². The molecule has 0 bridgehead atoms. The van der Waals surface area contributed by atoms with Crippen LogP contribution in [0.2, 0.25) is 0 Å². The molecular formula is C28H29I2N3O5. The summed E-state index contributed by atoms with van der Waals surface area (Å²) in [6.07, 6.45) is 3.28. The third-order valence-corrected chi connectivity index (χ3v) is 10.4. The number of hydrogen-bond donors (Lipinski definition) is 2. The predicted molar refractivity (Wildman–Crippen MR) is 168 cm³/mol. The summed E-state index contributed by atoms with van der Waals surface area (Å²) in [7, 11) is 1.73. The molecule has 200 valence electrons. The van der Waals surface area contributed by atoms with Crippen LogP contribution in [0.5, 0.6) is 5.88 Å². The third kappa shape index (κ3) is 4.83. The number of benzene rings is 1. The predicted octanol–water partition coefficient (Wildman–Crippen LogP) is 4.13. The zero-order valence-electron chi connectivity index (χ0n) is 21.0. The zero-order chi connectivity index (χ0) is 26.2. The van der Waals surface area contributed by atoms with Gasteiger partial charge in [-0.2, -0.15) is 0 Å². The van der Waals surface area contributed by atoms with Gasteiger partial charge in [-0.1, -0.05) is 56.6 Å². The van der Waals surface area contributed by atoms with E-state index < -0.39 is 47.6 Å². The lowest BCUT2D eigenvalue weighted by Crippen LogP contribution is -2.34. The minimum Gasteiger partial charge on any atom is -0.470 e. The van der Waals surface area contributed by atoms with E-state index in [2.05, 4.69) is 43.3 Å². The molecule has 0 aliphatic carbocycles. The van der Waals surface area contributed by atoms with E-state index in [9.17, 15) is 5.11 Å². The van der Waals surface area contributed by atoms with Crippen molar-refractivity contribution in [2.45, 2.75) is 30.8 Å². The quantitative estimate of drug-likeness (QED) is 0.280. The smallest absolute Gasteiger partial charge is 0.203 e. The number of aromatic amines is 1. The van der Waals surface area contributed by atoms with Crippen LogP contribution in [0.25, 0.3) is 27.9 Å². The minimum absolute atomic E-state index is 0.258. The third-order valence-electron chi connectivity index (χ3n) is 7.07. The summed E-state index contributed by atoms with van der Waals surface area (Å²) in [4.78, 5) is 12.8. The second-order valence-electron chi connectivity index (χ2n) is 9.30. The Morgan fingerprint density at radius 1 is 1.16 bits per heavy atom. The van der Waals surface area contributed by atoms with Crippen LogP contribution in [0, 0.1) is 7.14 Å². The number of H-pyrrole nitrogens is 1. The first kappa shape index (κ1) is 26.4. The molecule has 3 aliphatic rings. The first-order chi connectivity index (χ1) is 18.6. The van der Waals surface area contributed by atoms with Crippen LogP contribution in [0.15, 0.2) is 35.3 Å². The molecule has 10 heteroatoms. The van der Waals surface area contributed by atoms with E-state index in [1.165, 1.54) is 23.8 Å². The fourth-order valence-corrected chi connectivity index (χ4v) is 8.77. The molecular weight excluding hydrogens is 712 g/mol. The molecule has 2 N–H and O–H groups in total. The van der Waals surface area contributed by atoms with Gasteiger partial charge in [0, 0.05) is 26.0 Å². The lowest BCUT2D eigenvalue weighted by Gasteiger charge is -2.17. The number of fused-ring (bicyclic) bond motifs is 2. The van der Waals surface area contributed by atoms with Crippen molar-refractivity contribution < 1.29 is 24.1 Å². The molecule has 0 amide bonds. The summed E-state index contributed by atoms with van der Waals surface area (Å²) in [6, 6.07) is 8.71. The van der Waals surface area contributed by atoms with Gasteiger partial charge in [-0.25, -0.2) is 4.98 Å². The molecule has 0 saturated carbocycles. The molecule has 0 spiro atoms. The van der Waals surface area contributed by atoms with E-state index >= 15 is 0 Å². The van der Waals surface area contributed by atoms with Crippen LogP contribution in [-0.4, -0.2) is 88.2 Å². The summed E-state index contributed by atoms with van der Waals surface area (Å²) in [5.41, 5.74) is 7.15. The summed E-state index contributed by atoms with van der Waals surface area (Å²) in [6.45, 7) is 2.04. The molecule has 3 aromatic rings. The Morgan fingerprint density at radius 3 is 2.66 bits per heavy atom. The number of hydrogen-bond acceptors (Lipinski definition) is 7. The van der Waals surface area contributed by atoms with E-state index in [0.717, 1.165) is 35.3 Å². The minimum atomic E-state index is -0.624. The van der Waals surface area contributed by atoms with Crippen LogP contribution in [0.4, 0.5) is 0 Å². The van der Waals surface area contributed by atoms with Gasteiger partial charge in [0.15, 0.2) is 6.10 Å². The van der Waals surface area contributed by atoms with Crippen molar-refractivity contribution in [3.05, 3.63) is 48.6 Å². The summed E-state index contributed by atoms with van der Waals surface area (Å²) in [5.74, 6) is 0.575. The number of pyridine rings is 1. The monoisotopic (exact) mass is 741 g/mol. The van der Waals surface area contributed by atoms with Gasteiger partial charge in [0.05, 0.1) is 43.2 Å². The fourth-order valence-electron chi connectivity index (χ4n) is 5.24. The lowest BCUT2D eigenvalue weighted by atomic mass is 9.99. The molecule has 3 aliphatic heterocycles. The van der Waals surface area contributed by atoms with Crippen molar-refractivity contribution in [2.24, 2.45) is 4.99 Å². The number of aromatic nitrogens is 2. The number of nitrogens with zero attached hydrogens (tertiary/aromatic N) is 2. The van der Waals surface area contributed by atoms with E-state index in [-0.39, 0.29) is 24.9 Å². The molecule has 2 aromatic heterocycles. The highest BCUT2D eigenvalue weighted by atomic mass is 127. The van der Waals surface area contributed by atoms with Gasteiger partial charge in [0.25, 0.3) is 0 Å². The molecule has 0 radical (unpaired) electrons. The van der Waals surface area contributed by atoms with Crippen LogP contribution in [-0.2, 0) is 14.2 Å². The topological polar surface area (TPSA) is 98.2 Å². The van der Waals surface area contributed by atoms with Crippen LogP contribution >= 0.6 is 41.5 Å². The standard InChI is InChI=1S/C28H29I2N3O5/c1-29-18-10-16(15-6-8-35-9-7-15)11-19(30-2)24(18)20-4-5-21-25(32-20)17(12-31-3)28(33-21)38-23-14-37-26-22(34)13-36-27(23)26/h4-6,10-12,22-23,26-27,33-34H,1-2,7-9,13-14H2,3H3/t22-,23-,26?,27-/m1/s1. The Bertz CT molecular complexity index is 1440. The Morgan fingerprint density at radius 2 is 1.95 bits per heavy atom. The Labute approximate surface area is 241 Å². The van der Waals surface area contributed by atoms with Gasteiger partial charge in [0.2, 0.25) is 5.88 Å². The van der Waals surface area contributed by atoms with Crippen molar-refractivity contribution in [1.29, 1.82) is 0 Å². The number of ether oxygens (including phenoxy) is 4. The van der Waals surface area contributed by atoms with Gasteiger partial charge in [-0.15, -0.1) is 0 Å². The first-order valence-corrected chi connectivity index (χ1v) is 17.6. The van der Waals surface area contributed by atoms with Gasteiger partial charge in [-0.3, -0.25) is 4.99 Å². The SMILES string of the molecule is C=Ic1cc(C2=CCOCC2)cc(I=C)c1-c1ccc2[nH]c(O[C@@H]3COC4[C@H](O)CO[C@@H]43)c(C=NC)c2n1. The first-order valence-electron chi connectivity index (χ1n) is 12.4. The number of nitrogens with one attached hydrogen (secondary N) is 1. The van der Waals surface area contributed by atoms with E-state index in [4.69, 9.17) is 23.9 Å². The zero-order valence-corrected chi connectivity index (χ0v) is 25.3. The second kappa shape index (κ2) is 11.3. The van der Waals surface area contributed by atoms with Crippen molar-refractivity contribution in [3.8, 4) is 17.1 Å². The van der Waals surface area contributed by atoms with Crippen LogP contribution < -0.4 is 4.74 Å². The van der Waals surface area contributed by atoms with E-state index in [1.807, 2.05) is 6.07 Å². The molecule has 8 nitrogen and oxygen atoms in total. The average molecular weight is 741 g/mol. The Kier molecular flexibility index (Phi) is 7.87. The summed E-state index contributed by atoms with van der Waals surface area (Å²) in [5, 5.41) is 10.1. The normalized spacial score (nSPS) is 25.3. The molecule has 1 aromatic carbocycles. The molecule has 1 unspecified atom stereocenters. The maximum absolute atomic E-state index is 10.1. The highest BCUT2D eigenvalue weighted by Gasteiger charge is 2.48. The molecule has 38 heavy (non-hydrogen) atoms. The Balaban J connectivity index is 1.40. The number of aliphatic imine (C=N–C) groups is 1. The van der Waals surface area contributed by atoms with Crippen molar-refractivity contribution in [2.75, 3.05) is 33.5 Å². The number of aliphatic hydroxyl groups excluding tert-OH is 1. The van der Waals surface area contributed by atoms with Gasteiger partial charge in [-0.05, 0) is 41.8 Å². The van der Waals surface area contributed by atoms with E-state index in [1.54, 1.807) is 13.3 Å². The molecule has 2 fully saturated rings. The maximum atomic E-state index is 10.1. The number of halogens is 2. The highest BCUT2D eigenvalue weighted by Crippen LogP contribution is 2.38. The van der Waals surface area contributed by atoms with E-state index in [0.29, 0.717) is 19.1 Å². The van der Waals surface area contributed by atoms with Crippen molar-refractivity contribution in [3.63, 3.8) is 0 Å². The molecule has 4 atom stereocenters. The van der Waals surface area contributed by atoms with Crippen LogP contribution in [0.1, 0.15) is 17.5 Å². The number of aliphatic hydroxyl groups is 1. The van der Waals surface area contributed by atoms with Gasteiger partial charge >= 0.3 is 0 Å². The fraction of sp³-hybridized carbons (Fsp3) is 0.357. The van der Waals surface area contributed by atoms with Crippen LogP contribution in [0.3, 0.4) is 0 Å². The molecule has 6 rings (SSSR count). The molecule has 5 heterocycles. The Hall–Kier alpha value is -1.84. The summed E-state index contributed by atoms with van der Waals surface area (Å²) < 4.78 is 34.6. The van der Waals surface area contributed by atoms with Gasteiger partial charge < -0.3 is 29.0 Å². The summed E-state index contributed by atoms with van der Waals surface area (Å²) >= 11 is -0.879. The highest BCUT2D eigenvalue weighted by molar-refractivity contribution is 14.2. The largest absolute Gasteiger partial charge is 0.470 e. The van der Waals surface area contributed by atoms with Crippen molar-refractivity contribution >= 4 is 73.3 Å². The maximum Gasteiger partial charge on any atom is 0.203 e. The second-order valence-corrected chi connectivity index (χ2v) is 13.2. The average Bonchev–Trinajstić information content (AvgIpc) is 3.63.